The number of unbranched alkanes of at least 4 members (excludes halogenated alkanes) is 1. The van der Waals surface area contributed by atoms with Gasteiger partial charge in [0.25, 0.3) is 0 Å². The Morgan fingerprint density at radius 2 is 1.47 bits per heavy atom. The molecular weight excluding hydrogens is 292 g/mol. The van der Waals surface area contributed by atoms with E-state index in [9.17, 15) is 9.13 Å². The highest BCUT2D eigenvalue weighted by atomic mass is 31.2. The maximum atomic E-state index is 11.0. The molecule has 0 amide bonds. The molecule has 0 aromatic carbocycles. The van der Waals surface area contributed by atoms with Crippen molar-refractivity contribution in [2.45, 2.75) is 39.5 Å². The lowest BCUT2D eigenvalue weighted by Crippen LogP contribution is -2.31. The summed E-state index contributed by atoms with van der Waals surface area (Å²) in [6, 6.07) is 0. The Bertz CT molecular complexity index is 315. The summed E-state index contributed by atoms with van der Waals surface area (Å²) in [5, 5.41) is 0. The first-order chi connectivity index (χ1) is 8.57. The summed E-state index contributed by atoms with van der Waals surface area (Å²) in [6.07, 6.45) is 2.51. The van der Waals surface area contributed by atoms with Crippen LogP contribution in [0.5, 0.6) is 0 Å². The van der Waals surface area contributed by atoms with Gasteiger partial charge in [0.1, 0.15) is 12.6 Å². The van der Waals surface area contributed by atoms with Crippen LogP contribution in [-0.2, 0) is 9.13 Å². The quantitative estimate of drug-likeness (QED) is 0.453. The highest BCUT2D eigenvalue weighted by Gasteiger charge is 2.27. The molecule has 0 saturated heterocycles. The highest BCUT2D eigenvalue weighted by Crippen LogP contribution is 2.41. The van der Waals surface area contributed by atoms with Gasteiger partial charge in [-0.1, -0.05) is 33.1 Å². The fraction of sp³-hybridized carbons (Fsp3) is 1.00. The number of hydrogen-bond acceptors (Lipinski definition) is 3. The van der Waals surface area contributed by atoms with E-state index in [1.807, 2.05) is 6.92 Å². The summed E-state index contributed by atoms with van der Waals surface area (Å²) in [5.41, 5.74) is 0. The van der Waals surface area contributed by atoms with Crippen LogP contribution in [0.3, 0.4) is 0 Å². The first-order valence-corrected chi connectivity index (χ1v) is 9.98. The van der Waals surface area contributed by atoms with E-state index in [0.717, 1.165) is 25.7 Å². The maximum absolute atomic E-state index is 11.0. The molecule has 0 heterocycles. The predicted molar refractivity (Wildman–Crippen MR) is 73.8 cm³/mol. The number of rotatable bonds is 10. The van der Waals surface area contributed by atoms with Crippen LogP contribution in [0.15, 0.2) is 0 Å². The second-order valence-electron chi connectivity index (χ2n) is 4.88. The third-order valence-corrected chi connectivity index (χ3v) is 4.37. The Morgan fingerprint density at radius 1 is 1.00 bits per heavy atom. The van der Waals surface area contributed by atoms with E-state index in [-0.39, 0.29) is 5.92 Å². The van der Waals surface area contributed by atoms with Crippen molar-refractivity contribution in [1.29, 1.82) is 0 Å². The molecule has 19 heavy (non-hydrogen) atoms. The molecule has 0 rings (SSSR count). The Morgan fingerprint density at radius 3 is 1.79 bits per heavy atom. The molecule has 9 heteroatoms. The zero-order chi connectivity index (χ0) is 15.1. The van der Waals surface area contributed by atoms with Gasteiger partial charge in [0.2, 0.25) is 0 Å². The minimum atomic E-state index is -4.32. The fourth-order valence-electron chi connectivity index (χ4n) is 1.96. The van der Waals surface area contributed by atoms with Crippen molar-refractivity contribution in [3.05, 3.63) is 0 Å². The third-order valence-electron chi connectivity index (χ3n) is 2.83. The van der Waals surface area contributed by atoms with Gasteiger partial charge in [-0.3, -0.25) is 14.0 Å². The third kappa shape index (κ3) is 11.8. The number of hydrogen-bond donors (Lipinski definition) is 4. The van der Waals surface area contributed by atoms with E-state index >= 15 is 0 Å². The average Bonchev–Trinajstić information content (AvgIpc) is 2.19. The van der Waals surface area contributed by atoms with Gasteiger partial charge >= 0.3 is 15.2 Å². The molecule has 0 spiro atoms. The van der Waals surface area contributed by atoms with Gasteiger partial charge in [-0.05, 0) is 12.3 Å². The maximum Gasteiger partial charge on any atom is 0.339 e. The van der Waals surface area contributed by atoms with Crippen LogP contribution >= 0.6 is 15.2 Å². The van der Waals surface area contributed by atoms with Crippen LogP contribution in [0.2, 0.25) is 0 Å². The lowest BCUT2D eigenvalue weighted by Gasteiger charge is -2.27. The van der Waals surface area contributed by atoms with Crippen molar-refractivity contribution in [2.75, 3.05) is 19.1 Å². The molecule has 4 N–H and O–H groups in total. The van der Waals surface area contributed by atoms with Crippen molar-refractivity contribution in [1.82, 2.24) is 4.90 Å². The molecule has 0 aromatic rings. The van der Waals surface area contributed by atoms with Gasteiger partial charge in [-0.2, -0.15) is 0 Å². The van der Waals surface area contributed by atoms with Gasteiger partial charge in [0, 0.05) is 6.54 Å². The first kappa shape index (κ1) is 19.3. The Kier molecular flexibility index (Phi) is 8.64. The smallest absolute Gasteiger partial charge is 0.324 e. The van der Waals surface area contributed by atoms with E-state index in [1.165, 1.54) is 4.90 Å². The molecule has 0 saturated carbocycles. The Balaban J connectivity index is 4.63. The average molecular weight is 317 g/mol. The summed E-state index contributed by atoms with van der Waals surface area (Å²) in [4.78, 5) is 37.0. The van der Waals surface area contributed by atoms with Gasteiger partial charge < -0.3 is 19.6 Å². The van der Waals surface area contributed by atoms with Crippen molar-refractivity contribution in [3.8, 4) is 0 Å². The molecule has 0 fully saturated rings. The Hall–Kier alpha value is 0.260. The van der Waals surface area contributed by atoms with Crippen LogP contribution in [0.4, 0.5) is 0 Å². The summed E-state index contributed by atoms with van der Waals surface area (Å²) < 4.78 is 22.0. The van der Waals surface area contributed by atoms with Gasteiger partial charge in [-0.25, -0.2) is 0 Å². The number of nitrogens with zero attached hydrogens (tertiary/aromatic N) is 1. The molecule has 0 aliphatic heterocycles. The molecule has 0 unspecified atom stereocenters. The largest absolute Gasteiger partial charge is 0.339 e. The zero-order valence-electron chi connectivity index (χ0n) is 11.5. The lowest BCUT2D eigenvalue weighted by atomic mass is 9.99. The minimum Gasteiger partial charge on any atom is -0.324 e. The summed E-state index contributed by atoms with van der Waals surface area (Å²) >= 11 is 0. The standard InChI is InChI=1S/C10H25NO6P2/c1-3-5-6-10(4-2)7-11(8-18(12,13)14)9-19(15,16)17/h10H,3-9H2,1-2H3,(H2,12,13,14)(H2,15,16,17)/t10-/m1/s1. The normalized spacial score (nSPS) is 14.9. The monoisotopic (exact) mass is 317 g/mol. The van der Waals surface area contributed by atoms with E-state index < -0.39 is 27.8 Å². The minimum absolute atomic E-state index is 0.193. The van der Waals surface area contributed by atoms with E-state index in [0.29, 0.717) is 6.54 Å². The summed E-state index contributed by atoms with van der Waals surface area (Å²) in [5.74, 6) is 0.193. The molecule has 0 bridgehead atoms. The molecule has 116 valence electrons. The van der Waals surface area contributed by atoms with Crippen molar-refractivity contribution in [3.63, 3.8) is 0 Å². The van der Waals surface area contributed by atoms with Crippen LogP contribution in [-0.4, -0.2) is 43.6 Å². The van der Waals surface area contributed by atoms with Crippen LogP contribution in [0, 0.1) is 5.92 Å². The molecular formula is C10H25NO6P2. The predicted octanol–water partition coefficient (Wildman–Crippen LogP) is 1.78. The van der Waals surface area contributed by atoms with E-state index in [1.54, 1.807) is 0 Å². The topological polar surface area (TPSA) is 118 Å². The highest BCUT2D eigenvalue weighted by molar-refractivity contribution is 7.52. The molecule has 0 aliphatic rings. The Labute approximate surface area is 114 Å². The van der Waals surface area contributed by atoms with Crippen LogP contribution in [0.1, 0.15) is 39.5 Å². The molecule has 0 radical (unpaired) electrons. The van der Waals surface area contributed by atoms with Gasteiger partial charge in [-0.15, -0.1) is 0 Å². The van der Waals surface area contributed by atoms with E-state index in [2.05, 4.69) is 6.92 Å². The van der Waals surface area contributed by atoms with Crippen LogP contribution in [0.25, 0.3) is 0 Å². The fourth-order valence-corrected chi connectivity index (χ4v) is 3.59. The molecule has 0 aliphatic carbocycles. The van der Waals surface area contributed by atoms with Gasteiger partial charge in [0.05, 0.1) is 0 Å². The van der Waals surface area contributed by atoms with Crippen molar-refractivity contribution >= 4 is 15.2 Å². The summed E-state index contributed by atoms with van der Waals surface area (Å²) in [6.45, 7) is 4.32. The van der Waals surface area contributed by atoms with Crippen molar-refractivity contribution < 1.29 is 28.7 Å². The van der Waals surface area contributed by atoms with Crippen LogP contribution < -0.4 is 0 Å². The second kappa shape index (κ2) is 8.53. The molecule has 7 nitrogen and oxygen atoms in total. The second-order valence-corrected chi connectivity index (χ2v) is 8.11. The molecule has 1 atom stereocenters. The van der Waals surface area contributed by atoms with E-state index in [4.69, 9.17) is 19.6 Å². The van der Waals surface area contributed by atoms with Gasteiger partial charge in [0.15, 0.2) is 0 Å². The molecule has 0 aromatic heterocycles. The first-order valence-electron chi connectivity index (χ1n) is 6.39. The zero-order valence-corrected chi connectivity index (χ0v) is 13.3. The SMILES string of the molecule is CCCC[C@@H](CC)CN(CP(=O)(O)O)CP(=O)(O)O. The summed E-state index contributed by atoms with van der Waals surface area (Å²) in [7, 11) is -8.64. The van der Waals surface area contributed by atoms with Crippen molar-refractivity contribution in [2.24, 2.45) is 5.92 Å². The lowest BCUT2D eigenvalue weighted by molar-refractivity contribution is 0.236.